The minimum Gasteiger partial charge on any atom is -0.481 e. The molecule has 1 heterocycles. The van der Waals surface area contributed by atoms with Gasteiger partial charge in [-0.15, -0.1) is 0 Å². The number of amides is 1. The summed E-state index contributed by atoms with van der Waals surface area (Å²) in [6.07, 6.45) is 0.960. The summed E-state index contributed by atoms with van der Waals surface area (Å²) in [5.41, 5.74) is 0. The Hall–Kier alpha value is -1.94. The maximum absolute atomic E-state index is 11.8. The summed E-state index contributed by atoms with van der Waals surface area (Å²) in [6.45, 7) is 2.02. The van der Waals surface area contributed by atoms with Crippen LogP contribution >= 0.6 is 11.6 Å². The average Bonchev–Trinajstić information content (AvgIpc) is 2.89. The fraction of sp³-hybridized carbons (Fsp3) is 0.214. The largest absolute Gasteiger partial charge is 0.481 e. The van der Waals surface area contributed by atoms with Crippen molar-refractivity contribution < 1.29 is 13.9 Å². The van der Waals surface area contributed by atoms with E-state index in [0.29, 0.717) is 23.1 Å². The fourth-order valence-electron chi connectivity index (χ4n) is 1.53. The van der Waals surface area contributed by atoms with Gasteiger partial charge >= 0.3 is 0 Å². The molecule has 1 aromatic carbocycles. The summed E-state index contributed by atoms with van der Waals surface area (Å²) in [6, 6.07) is 10.5. The summed E-state index contributed by atoms with van der Waals surface area (Å²) in [7, 11) is 0. The SMILES string of the molecule is C[C@H](Oc1cccc(Cl)c1)C(=O)NCc1ccco1. The van der Waals surface area contributed by atoms with Gasteiger partial charge in [-0.2, -0.15) is 0 Å². The molecule has 0 spiro atoms. The van der Waals surface area contributed by atoms with E-state index < -0.39 is 6.10 Å². The highest BCUT2D eigenvalue weighted by Gasteiger charge is 2.14. The smallest absolute Gasteiger partial charge is 0.261 e. The van der Waals surface area contributed by atoms with Crippen LogP contribution < -0.4 is 10.1 Å². The van der Waals surface area contributed by atoms with Gasteiger partial charge in [-0.1, -0.05) is 17.7 Å². The lowest BCUT2D eigenvalue weighted by atomic mass is 10.3. The van der Waals surface area contributed by atoms with Gasteiger partial charge in [-0.25, -0.2) is 0 Å². The molecular weight excluding hydrogens is 266 g/mol. The summed E-state index contributed by atoms with van der Waals surface area (Å²) in [5, 5.41) is 3.30. The zero-order valence-corrected chi connectivity index (χ0v) is 11.2. The van der Waals surface area contributed by atoms with Crippen molar-refractivity contribution in [2.24, 2.45) is 0 Å². The summed E-state index contributed by atoms with van der Waals surface area (Å²) in [5.74, 6) is 1.05. The molecule has 4 nitrogen and oxygen atoms in total. The van der Waals surface area contributed by atoms with Crippen molar-refractivity contribution in [3.63, 3.8) is 0 Å². The lowest BCUT2D eigenvalue weighted by molar-refractivity contribution is -0.127. The number of carbonyl (C=O) groups excluding carboxylic acids is 1. The maximum atomic E-state index is 11.8. The van der Waals surface area contributed by atoms with E-state index in [2.05, 4.69) is 5.32 Å². The van der Waals surface area contributed by atoms with Crippen LogP contribution in [0, 0.1) is 0 Å². The predicted molar refractivity (Wildman–Crippen MR) is 72.1 cm³/mol. The first kappa shape index (κ1) is 13.5. The molecule has 1 atom stereocenters. The molecule has 0 aliphatic heterocycles. The zero-order valence-electron chi connectivity index (χ0n) is 10.4. The second-order valence-electron chi connectivity index (χ2n) is 4.01. The van der Waals surface area contributed by atoms with Crippen LogP contribution in [0.1, 0.15) is 12.7 Å². The Labute approximate surface area is 116 Å². The molecule has 0 saturated carbocycles. The van der Waals surface area contributed by atoms with Crippen molar-refractivity contribution in [3.8, 4) is 5.75 Å². The van der Waals surface area contributed by atoms with Crippen molar-refractivity contribution in [2.45, 2.75) is 19.6 Å². The van der Waals surface area contributed by atoms with E-state index in [4.69, 9.17) is 20.8 Å². The van der Waals surface area contributed by atoms with E-state index in [1.54, 1.807) is 49.6 Å². The van der Waals surface area contributed by atoms with Gasteiger partial charge in [0, 0.05) is 5.02 Å². The number of furan rings is 1. The van der Waals surface area contributed by atoms with Gasteiger partial charge in [0.15, 0.2) is 6.10 Å². The Morgan fingerprint density at radius 2 is 2.26 bits per heavy atom. The highest BCUT2D eigenvalue weighted by atomic mass is 35.5. The quantitative estimate of drug-likeness (QED) is 0.915. The van der Waals surface area contributed by atoms with Crippen LogP contribution in [0.4, 0.5) is 0 Å². The highest BCUT2D eigenvalue weighted by Crippen LogP contribution is 2.18. The normalized spacial score (nSPS) is 11.9. The molecule has 0 aliphatic carbocycles. The minimum absolute atomic E-state index is 0.212. The van der Waals surface area contributed by atoms with Crippen LogP contribution in [0.15, 0.2) is 47.1 Å². The summed E-state index contributed by atoms with van der Waals surface area (Å²) < 4.78 is 10.6. The molecule has 0 radical (unpaired) electrons. The molecule has 1 aromatic heterocycles. The van der Waals surface area contributed by atoms with Crippen LogP contribution in [0.25, 0.3) is 0 Å². The van der Waals surface area contributed by atoms with E-state index in [0.717, 1.165) is 0 Å². The zero-order chi connectivity index (χ0) is 13.7. The predicted octanol–water partition coefficient (Wildman–Crippen LogP) is 3.02. The van der Waals surface area contributed by atoms with Crippen molar-refractivity contribution in [1.82, 2.24) is 5.32 Å². The summed E-state index contributed by atoms with van der Waals surface area (Å²) in [4.78, 5) is 11.8. The van der Waals surface area contributed by atoms with E-state index >= 15 is 0 Å². The van der Waals surface area contributed by atoms with Gasteiger partial charge in [-0.05, 0) is 37.3 Å². The molecule has 0 saturated heterocycles. The van der Waals surface area contributed by atoms with Crippen LogP contribution in [0.3, 0.4) is 0 Å². The molecule has 5 heteroatoms. The molecule has 0 bridgehead atoms. The molecule has 1 amide bonds. The Bertz CT molecular complexity index is 539. The molecule has 0 aliphatic rings. The van der Waals surface area contributed by atoms with E-state index in [9.17, 15) is 4.79 Å². The third kappa shape index (κ3) is 4.03. The van der Waals surface area contributed by atoms with Crippen LogP contribution in [-0.2, 0) is 11.3 Å². The van der Waals surface area contributed by atoms with Crippen molar-refractivity contribution in [1.29, 1.82) is 0 Å². The Balaban J connectivity index is 1.85. The van der Waals surface area contributed by atoms with Gasteiger partial charge in [0.25, 0.3) is 5.91 Å². The van der Waals surface area contributed by atoms with Crippen LogP contribution in [0.5, 0.6) is 5.75 Å². The van der Waals surface area contributed by atoms with Gasteiger partial charge in [0.2, 0.25) is 0 Å². The molecule has 0 unspecified atom stereocenters. The topological polar surface area (TPSA) is 51.5 Å². The first-order chi connectivity index (χ1) is 9.15. The molecule has 1 N–H and O–H groups in total. The first-order valence-corrected chi connectivity index (χ1v) is 6.25. The fourth-order valence-corrected chi connectivity index (χ4v) is 1.71. The Kier molecular flexibility index (Phi) is 4.47. The maximum Gasteiger partial charge on any atom is 0.261 e. The third-order valence-corrected chi connectivity index (χ3v) is 2.73. The second kappa shape index (κ2) is 6.29. The minimum atomic E-state index is -0.603. The summed E-state index contributed by atoms with van der Waals surface area (Å²) >= 11 is 5.84. The number of carbonyl (C=O) groups is 1. The number of ether oxygens (including phenoxy) is 1. The van der Waals surface area contributed by atoms with Gasteiger partial charge in [0.05, 0.1) is 12.8 Å². The highest BCUT2D eigenvalue weighted by molar-refractivity contribution is 6.30. The number of nitrogens with one attached hydrogen (secondary N) is 1. The van der Waals surface area contributed by atoms with Gasteiger partial charge < -0.3 is 14.5 Å². The monoisotopic (exact) mass is 279 g/mol. The molecule has 2 rings (SSSR count). The lowest BCUT2D eigenvalue weighted by Gasteiger charge is -2.14. The average molecular weight is 280 g/mol. The van der Waals surface area contributed by atoms with Crippen LogP contribution in [-0.4, -0.2) is 12.0 Å². The van der Waals surface area contributed by atoms with Gasteiger partial charge in [0.1, 0.15) is 11.5 Å². The molecule has 19 heavy (non-hydrogen) atoms. The van der Waals surface area contributed by atoms with Gasteiger partial charge in [-0.3, -0.25) is 4.79 Å². The standard InChI is InChI=1S/C14H14ClNO3/c1-10(19-12-5-2-4-11(15)8-12)14(17)16-9-13-6-3-7-18-13/h2-8,10H,9H2,1H3,(H,16,17)/t10-/m0/s1. The molecule has 2 aromatic rings. The van der Waals surface area contributed by atoms with E-state index in [-0.39, 0.29) is 5.91 Å². The number of benzene rings is 1. The van der Waals surface area contributed by atoms with Crippen molar-refractivity contribution >= 4 is 17.5 Å². The number of rotatable bonds is 5. The van der Waals surface area contributed by atoms with E-state index in [1.165, 1.54) is 0 Å². The number of hydrogen-bond acceptors (Lipinski definition) is 3. The number of halogens is 1. The van der Waals surface area contributed by atoms with E-state index in [1.807, 2.05) is 0 Å². The second-order valence-corrected chi connectivity index (χ2v) is 4.45. The third-order valence-electron chi connectivity index (χ3n) is 2.50. The van der Waals surface area contributed by atoms with Crippen molar-refractivity contribution in [2.75, 3.05) is 0 Å². The molecule has 100 valence electrons. The van der Waals surface area contributed by atoms with Crippen molar-refractivity contribution in [3.05, 3.63) is 53.4 Å². The number of hydrogen-bond donors (Lipinski definition) is 1. The van der Waals surface area contributed by atoms with Crippen LogP contribution in [0.2, 0.25) is 5.02 Å². The lowest BCUT2D eigenvalue weighted by Crippen LogP contribution is -2.35. The molecule has 0 fully saturated rings. The Morgan fingerprint density at radius 3 is 2.95 bits per heavy atom. The Morgan fingerprint density at radius 1 is 1.42 bits per heavy atom. The molecular formula is C14H14ClNO3. The first-order valence-electron chi connectivity index (χ1n) is 5.87.